The van der Waals surface area contributed by atoms with Crippen LogP contribution in [0, 0.1) is 34.0 Å². The van der Waals surface area contributed by atoms with E-state index in [0.29, 0.717) is 28.7 Å². The van der Waals surface area contributed by atoms with Crippen LogP contribution in [0.5, 0.6) is 11.5 Å². The molecule has 0 unspecified atom stereocenters. The standard InChI is InChI=1S/C20H20N4O4S/c1-20(2)13(7-21)18(26)24-19(14(20)8-22)29-11-17(25)23-9-12-10-27-15-5-3-4-6-16(15)28-12/h3-6,12-13H,9-11H2,1-2H3,(H,23,25)(H,24,26)/t12-,13-/m1/s1. The molecule has 0 bridgehead atoms. The number of allylic oxidation sites excluding steroid dienone is 1. The van der Waals surface area contributed by atoms with Gasteiger partial charge in [-0.25, -0.2) is 0 Å². The van der Waals surface area contributed by atoms with Gasteiger partial charge in [-0.2, -0.15) is 10.5 Å². The number of ether oxygens (including phenoxy) is 2. The van der Waals surface area contributed by atoms with Crippen molar-refractivity contribution in [2.75, 3.05) is 18.9 Å². The number of thioether (sulfide) groups is 1. The predicted molar refractivity (Wildman–Crippen MR) is 105 cm³/mol. The molecule has 0 aliphatic carbocycles. The summed E-state index contributed by atoms with van der Waals surface area (Å²) in [4.78, 5) is 24.4. The molecule has 2 heterocycles. The number of nitriles is 2. The molecule has 2 aliphatic rings. The van der Waals surface area contributed by atoms with Gasteiger partial charge in [0.15, 0.2) is 11.5 Å². The van der Waals surface area contributed by atoms with Crippen molar-refractivity contribution in [2.45, 2.75) is 20.0 Å². The van der Waals surface area contributed by atoms with E-state index in [4.69, 9.17) is 9.47 Å². The van der Waals surface area contributed by atoms with E-state index >= 15 is 0 Å². The molecule has 0 saturated carbocycles. The number of fused-ring (bicyclic) bond motifs is 1. The Hall–Kier alpha value is -3.17. The minimum absolute atomic E-state index is 0.0122. The van der Waals surface area contributed by atoms with Crippen LogP contribution in [-0.4, -0.2) is 36.8 Å². The van der Waals surface area contributed by atoms with Crippen LogP contribution in [0.15, 0.2) is 34.9 Å². The number of amides is 2. The van der Waals surface area contributed by atoms with Gasteiger partial charge in [0.2, 0.25) is 11.8 Å². The summed E-state index contributed by atoms with van der Waals surface area (Å²) in [5, 5.41) is 24.4. The fourth-order valence-corrected chi connectivity index (χ4v) is 4.12. The largest absolute Gasteiger partial charge is 0.486 e. The molecular formula is C20H20N4O4S. The number of para-hydroxylation sites is 2. The third-order valence-electron chi connectivity index (χ3n) is 4.77. The highest BCUT2D eigenvalue weighted by Gasteiger charge is 2.44. The second-order valence-corrected chi connectivity index (χ2v) is 8.16. The average Bonchev–Trinajstić information content (AvgIpc) is 2.70. The predicted octanol–water partition coefficient (Wildman–Crippen LogP) is 1.71. The van der Waals surface area contributed by atoms with Crippen molar-refractivity contribution in [3.8, 4) is 23.6 Å². The van der Waals surface area contributed by atoms with Crippen molar-refractivity contribution in [3.05, 3.63) is 34.9 Å². The summed E-state index contributed by atoms with van der Waals surface area (Å²) in [6, 6.07) is 11.3. The highest BCUT2D eigenvalue weighted by molar-refractivity contribution is 8.03. The molecule has 0 spiro atoms. The molecule has 9 heteroatoms. The fourth-order valence-electron chi connectivity index (χ4n) is 3.11. The number of nitrogens with zero attached hydrogens (tertiary/aromatic N) is 2. The van der Waals surface area contributed by atoms with Gasteiger partial charge < -0.3 is 20.1 Å². The lowest BCUT2D eigenvalue weighted by Gasteiger charge is -2.34. The zero-order valence-corrected chi connectivity index (χ0v) is 16.8. The van der Waals surface area contributed by atoms with E-state index in [1.165, 1.54) is 0 Å². The van der Waals surface area contributed by atoms with Crippen LogP contribution in [0.2, 0.25) is 0 Å². The van der Waals surface area contributed by atoms with Crippen molar-refractivity contribution in [1.82, 2.24) is 10.6 Å². The van der Waals surface area contributed by atoms with E-state index < -0.39 is 17.2 Å². The first kappa shape index (κ1) is 20.6. The van der Waals surface area contributed by atoms with Gasteiger partial charge in [0.25, 0.3) is 0 Å². The molecule has 0 aromatic heterocycles. The highest BCUT2D eigenvalue weighted by Crippen LogP contribution is 2.41. The van der Waals surface area contributed by atoms with Crippen molar-refractivity contribution in [3.63, 3.8) is 0 Å². The summed E-state index contributed by atoms with van der Waals surface area (Å²) < 4.78 is 11.4. The molecule has 2 atom stereocenters. The van der Waals surface area contributed by atoms with Crippen LogP contribution < -0.4 is 20.1 Å². The van der Waals surface area contributed by atoms with Gasteiger partial charge in [0.05, 0.1) is 35.0 Å². The van der Waals surface area contributed by atoms with E-state index in [2.05, 4.69) is 16.7 Å². The van der Waals surface area contributed by atoms with Gasteiger partial charge >= 0.3 is 0 Å². The first-order valence-electron chi connectivity index (χ1n) is 9.00. The maximum atomic E-state index is 12.2. The highest BCUT2D eigenvalue weighted by atomic mass is 32.2. The third kappa shape index (κ3) is 4.30. The van der Waals surface area contributed by atoms with Gasteiger partial charge in [0, 0.05) is 5.41 Å². The first-order chi connectivity index (χ1) is 13.9. The molecule has 0 radical (unpaired) electrons. The van der Waals surface area contributed by atoms with Gasteiger partial charge in [0.1, 0.15) is 18.6 Å². The zero-order chi connectivity index (χ0) is 21.0. The van der Waals surface area contributed by atoms with Crippen molar-refractivity contribution in [2.24, 2.45) is 11.3 Å². The molecule has 8 nitrogen and oxygen atoms in total. The summed E-state index contributed by atoms with van der Waals surface area (Å²) >= 11 is 1.06. The number of rotatable bonds is 5. The average molecular weight is 412 g/mol. The Balaban J connectivity index is 1.55. The molecule has 0 saturated heterocycles. The summed E-state index contributed by atoms with van der Waals surface area (Å²) in [5.74, 6) is -0.370. The van der Waals surface area contributed by atoms with Crippen LogP contribution in [0.25, 0.3) is 0 Å². The van der Waals surface area contributed by atoms with Gasteiger partial charge in [-0.15, -0.1) is 0 Å². The summed E-state index contributed by atoms with van der Waals surface area (Å²) in [6.07, 6.45) is -0.308. The number of carbonyl (C=O) groups is 2. The molecular weight excluding hydrogens is 392 g/mol. The minimum atomic E-state index is -0.957. The lowest BCUT2D eigenvalue weighted by Crippen LogP contribution is -2.45. The molecule has 3 rings (SSSR count). The van der Waals surface area contributed by atoms with E-state index in [0.717, 1.165) is 11.8 Å². The molecule has 1 aromatic rings. The third-order valence-corrected chi connectivity index (χ3v) is 5.78. The SMILES string of the molecule is CC1(C)C(C#N)=C(SCC(=O)NC[C@@H]2COc3ccccc3O2)NC(=O)[C@H]1C#N. The molecule has 2 N–H and O–H groups in total. The lowest BCUT2D eigenvalue weighted by atomic mass is 9.72. The van der Waals surface area contributed by atoms with Crippen LogP contribution in [0.1, 0.15) is 13.8 Å². The Morgan fingerprint density at radius 3 is 2.76 bits per heavy atom. The second kappa shape index (κ2) is 8.46. The zero-order valence-electron chi connectivity index (χ0n) is 16.0. The number of carbonyl (C=O) groups excluding carboxylic acids is 2. The number of benzene rings is 1. The minimum Gasteiger partial charge on any atom is -0.486 e. The summed E-state index contributed by atoms with van der Waals surface area (Å²) in [5.41, 5.74) is -0.632. The summed E-state index contributed by atoms with van der Waals surface area (Å²) in [6.45, 7) is 3.95. The fraction of sp³-hybridized carbons (Fsp3) is 0.400. The molecule has 29 heavy (non-hydrogen) atoms. The van der Waals surface area contributed by atoms with E-state index in [-0.39, 0.29) is 24.3 Å². The van der Waals surface area contributed by atoms with Crippen LogP contribution >= 0.6 is 11.8 Å². The topological polar surface area (TPSA) is 124 Å². The van der Waals surface area contributed by atoms with Crippen molar-refractivity contribution < 1.29 is 19.1 Å². The second-order valence-electron chi connectivity index (χ2n) is 7.18. The van der Waals surface area contributed by atoms with Gasteiger partial charge in [-0.1, -0.05) is 37.7 Å². The van der Waals surface area contributed by atoms with E-state index in [1.807, 2.05) is 24.3 Å². The normalized spacial score (nSPS) is 22.1. The molecule has 1 aromatic carbocycles. The van der Waals surface area contributed by atoms with Crippen LogP contribution in [-0.2, 0) is 9.59 Å². The van der Waals surface area contributed by atoms with Gasteiger partial charge in [-0.05, 0) is 12.1 Å². The Morgan fingerprint density at radius 2 is 2.07 bits per heavy atom. The Bertz CT molecular complexity index is 945. The van der Waals surface area contributed by atoms with Crippen LogP contribution in [0.3, 0.4) is 0 Å². The van der Waals surface area contributed by atoms with E-state index in [9.17, 15) is 20.1 Å². The molecule has 0 fully saturated rings. The maximum absolute atomic E-state index is 12.2. The quantitative estimate of drug-likeness (QED) is 0.754. The number of hydrogen-bond acceptors (Lipinski definition) is 7. The Labute approximate surface area is 172 Å². The maximum Gasteiger partial charge on any atom is 0.243 e. The molecule has 2 amide bonds. The lowest BCUT2D eigenvalue weighted by molar-refractivity contribution is -0.125. The first-order valence-corrected chi connectivity index (χ1v) is 9.98. The van der Waals surface area contributed by atoms with Crippen LogP contribution in [0.4, 0.5) is 0 Å². The van der Waals surface area contributed by atoms with E-state index in [1.54, 1.807) is 19.9 Å². The monoisotopic (exact) mass is 412 g/mol. The molecule has 150 valence electrons. The Morgan fingerprint density at radius 1 is 1.34 bits per heavy atom. The summed E-state index contributed by atoms with van der Waals surface area (Å²) in [7, 11) is 0. The smallest absolute Gasteiger partial charge is 0.243 e. The van der Waals surface area contributed by atoms with Gasteiger partial charge in [-0.3, -0.25) is 9.59 Å². The number of hydrogen-bond donors (Lipinski definition) is 2. The van der Waals surface area contributed by atoms with Crippen molar-refractivity contribution in [1.29, 1.82) is 10.5 Å². The Kier molecular flexibility index (Phi) is 6.00. The number of nitrogens with one attached hydrogen (secondary N) is 2. The molecule has 2 aliphatic heterocycles. The van der Waals surface area contributed by atoms with Crippen molar-refractivity contribution >= 4 is 23.6 Å².